The highest BCUT2D eigenvalue weighted by molar-refractivity contribution is 14.1. The zero-order valence-corrected chi connectivity index (χ0v) is 10.4. The van der Waals surface area contributed by atoms with Crippen LogP contribution in [0.3, 0.4) is 0 Å². The van der Waals surface area contributed by atoms with Gasteiger partial charge in [0.05, 0.1) is 16.2 Å². The topological polar surface area (TPSA) is 64.7 Å². The van der Waals surface area contributed by atoms with E-state index in [2.05, 4.69) is 9.99 Å². The second kappa shape index (κ2) is 5.06. The van der Waals surface area contributed by atoms with Gasteiger partial charge in [0.25, 0.3) is 5.69 Å². The van der Waals surface area contributed by atoms with E-state index in [1.54, 1.807) is 19.1 Å². The van der Waals surface area contributed by atoms with Gasteiger partial charge < -0.3 is 4.84 Å². The van der Waals surface area contributed by atoms with E-state index >= 15 is 0 Å². The summed E-state index contributed by atoms with van der Waals surface area (Å²) in [6, 6.07) is 4.96. The molecular weight excluding hydrogens is 311 g/mol. The maximum atomic E-state index is 10.8. The molecule has 0 atom stereocenters. The van der Waals surface area contributed by atoms with Crippen LogP contribution in [-0.4, -0.2) is 17.7 Å². The van der Waals surface area contributed by atoms with E-state index in [-0.39, 0.29) is 5.69 Å². The average molecular weight is 320 g/mol. The maximum absolute atomic E-state index is 10.8. The summed E-state index contributed by atoms with van der Waals surface area (Å²) in [4.78, 5) is 15.0. The lowest BCUT2D eigenvalue weighted by Crippen LogP contribution is -2.02. The lowest BCUT2D eigenvalue weighted by molar-refractivity contribution is -0.385. The van der Waals surface area contributed by atoms with Gasteiger partial charge in [-0.2, -0.15) is 0 Å². The largest absolute Gasteiger partial charge is 0.399 e. The van der Waals surface area contributed by atoms with Gasteiger partial charge in [0.2, 0.25) is 0 Å². The Balaban J connectivity index is 3.29. The third kappa shape index (κ3) is 2.88. The first-order valence-corrected chi connectivity index (χ1v) is 5.16. The predicted molar refractivity (Wildman–Crippen MR) is 65.0 cm³/mol. The van der Waals surface area contributed by atoms with Crippen LogP contribution in [-0.2, 0) is 4.84 Å². The first-order chi connectivity index (χ1) is 7.06. The monoisotopic (exact) mass is 320 g/mol. The van der Waals surface area contributed by atoms with Crippen LogP contribution in [0.2, 0.25) is 0 Å². The number of rotatable bonds is 3. The van der Waals surface area contributed by atoms with Gasteiger partial charge in [-0.1, -0.05) is 5.16 Å². The second-order valence-corrected chi connectivity index (χ2v) is 4.02. The lowest BCUT2D eigenvalue weighted by atomic mass is 10.1. The van der Waals surface area contributed by atoms with E-state index in [1.165, 1.54) is 13.2 Å². The summed E-state index contributed by atoms with van der Waals surface area (Å²) in [5, 5.41) is 14.5. The van der Waals surface area contributed by atoms with E-state index < -0.39 is 4.92 Å². The van der Waals surface area contributed by atoms with E-state index in [9.17, 15) is 10.1 Å². The molecule has 1 aromatic rings. The van der Waals surface area contributed by atoms with Crippen LogP contribution in [0.25, 0.3) is 0 Å². The molecule has 80 valence electrons. The maximum Gasteiger partial charge on any atom is 0.279 e. The van der Waals surface area contributed by atoms with Crippen LogP contribution in [0.4, 0.5) is 5.69 Å². The zero-order chi connectivity index (χ0) is 11.4. The van der Waals surface area contributed by atoms with Gasteiger partial charge in [-0.05, 0) is 41.6 Å². The third-order valence-electron chi connectivity index (χ3n) is 1.77. The molecule has 5 nitrogen and oxygen atoms in total. The molecule has 0 heterocycles. The number of halogens is 1. The molecule has 6 heteroatoms. The molecule has 15 heavy (non-hydrogen) atoms. The molecule has 1 aromatic carbocycles. The molecule has 0 aliphatic rings. The Kier molecular flexibility index (Phi) is 4.01. The molecule has 0 saturated heterocycles. The van der Waals surface area contributed by atoms with Crippen molar-refractivity contribution < 1.29 is 9.76 Å². The number of hydrogen-bond acceptors (Lipinski definition) is 4. The van der Waals surface area contributed by atoms with Crippen molar-refractivity contribution in [2.45, 2.75) is 6.92 Å². The average Bonchev–Trinajstić information content (AvgIpc) is 2.17. The fourth-order valence-corrected chi connectivity index (χ4v) is 1.62. The van der Waals surface area contributed by atoms with Crippen molar-refractivity contribution in [1.29, 1.82) is 0 Å². The molecule has 0 aliphatic carbocycles. The molecule has 0 amide bonds. The summed E-state index contributed by atoms with van der Waals surface area (Å²) >= 11 is 2.02. The Morgan fingerprint density at radius 1 is 1.60 bits per heavy atom. The second-order valence-electron chi connectivity index (χ2n) is 2.78. The highest BCUT2D eigenvalue weighted by atomic mass is 127. The summed E-state index contributed by atoms with van der Waals surface area (Å²) < 4.78 is 0.813. The highest BCUT2D eigenvalue weighted by Gasteiger charge is 2.16. The molecule has 1 rings (SSSR count). The van der Waals surface area contributed by atoms with Gasteiger partial charge in [0.1, 0.15) is 7.11 Å². The Hall–Kier alpha value is -1.18. The van der Waals surface area contributed by atoms with Crippen molar-refractivity contribution in [2.75, 3.05) is 7.11 Å². The standard InChI is InChI=1S/C9H9IN2O3/c1-6(11-15-2)8-4-3-7(10)5-9(8)12(13)14/h3-5H,1-2H3/b11-6-. The van der Waals surface area contributed by atoms with Crippen molar-refractivity contribution in [2.24, 2.45) is 5.16 Å². The van der Waals surface area contributed by atoms with Crippen LogP contribution < -0.4 is 0 Å². The Morgan fingerprint density at radius 2 is 2.27 bits per heavy atom. The van der Waals surface area contributed by atoms with E-state index in [0.29, 0.717) is 11.3 Å². The molecule has 0 aliphatic heterocycles. The smallest absolute Gasteiger partial charge is 0.279 e. The number of hydrogen-bond donors (Lipinski definition) is 0. The van der Waals surface area contributed by atoms with Gasteiger partial charge in [0.15, 0.2) is 0 Å². The van der Waals surface area contributed by atoms with Gasteiger partial charge in [0, 0.05) is 9.64 Å². The summed E-state index contributed by atoms with van der Waals surface area (Å²) in [7, 11) is 1.40. The Labute approximate surface area is 100 Å². The molecule has 0 bridgehead atoms. The van der Waals surface area contributed by atoms with Gasteiger partial charge in [-0.3, -0.25) is 10.1 Å². The molecule has 0 aromatic heterocycles. The minimum Gasteiger partial charge on any atom is -0.399 e. The first kappa shape index (κ1) is 11.9. The van der Waals surface area contributed by atoms with E-state index in [4.69, 9.17) is 0 Å². The summed E-state index contributed by atoms with van der Waals surface area (Å²) in [6.07, 6.45) is 0. The van der Waals surface area contributed by atoms with Gasteiger partial charge >= 0.3 is 0 Å². The number of oxime groups is 1. The van der Waals surface area contributed by atoms with Crippen LogP contribution in [0.5, 0.6) is 0 Å². The third-order valence-corrected chi connectivity index (χ3v) is 2.45. The van der Waals surface area contributed by atoms with Crippen molar-refractivity contribution in [3.05, 3.63) is 37.4 Å². The number of nitro benzene ring substituents is 1. The molecule has 0 fully saturated rings. The Morgan fingerprint density at radius 3 is 2.80 bits per heavy atom. The summed E-state index contributed by atoms with van der Waals surface area (Å²) in [6.45, 7) is 1.67. The molecule has 0 N–H and O–H groups in total. The molecule has 0 saturated carbocycles. The van der Waals surface area contributed by atoms with Gasteiger partial charge in [-0.25, -0.2) is 0 Å². The SMILES string of the molecule is CO/N=C(/C)c1ccc(I)cc1[N+](=O)[O-]. The molecule has 0 radical (unpaired) electrons. The molecule has 0 spiro atoms. The van der Waals surface area contributed by atoms with Crippen LogP contribution >= 0.6 is 22.6 Å². The highest BCUT2D eigenvalue weighted by Crippen LogP contribution is 2.22. The van der Waals surface area contributed by atoms with Crippen molar-refractivity contribution in [1.82, 2.24) is 0 Å². The fourth-order valence-electron chi connectivity index (χ4n) is 1.15. The summed E-state index contributed by atoms with van der Waals surface area (Å²) in [5.74, 6) is 0. The Bertz CT molecular complexity index is 418. The molecular formula is C9H9IN2O3. The van der Waals surface area contributed by atoms with Crippen LogP contribution in [0.15, 0.2) is 23.4 Å². The number of benzene rings is 1. The normalized spacial score (nSPS) is 11.3. The molecule has 0 unspecified atom stereocenters. The minimum absolute atomic E-state index is 0.0419. The number of nitrogens with zero attached hydrogens (tertiary/aromatic N) is 2. The summed E-state index contributed by atoms with van der Waals surface area (Å²) in [5.41, 5.74) is 1.00. The van der Waals surface area contributed by atoms with Crippen molar-refractivity contribution >= 4 is 34.0 Å². The van der Waals surface area contributed by atoms with Crippen LogP contribution in [0, 0.1) is 13.7 Å². The lowest BCUT2D eigenvalue weighted by Gasteiger charge is -2.02. The fraction of sp³-hybridized carbons (Fsp3) is 0.222. The van der Waals surface area contributed by atoms with Gasteiger partial charge in [-0.15, -0.1) is 0 Å². The first-order valence-electron chi connectivity index (χ1n) is 4.08. The van der Waals surface area contributed by atoms with E-state index in [1.807, 2.05) is 22.6 Å². The predicted octanol–water partition coefficient (Wildman–Crippen LogP) is 2.57. The zero-order valence-electron chi connectivity index (χ0n) is 8.23. The van der Waals surface area contributed by atoms with Crippen molar-refractivity contribution in [3.8, 4) is 0 Å². The van der Waals surface area contributed by atoms with Crippen molar-refractivity contribution in [3.63, 3.8) is 0 Å². The van der Waals surface area contributed by atoms with E-state index in [0.717, 1.165) is 3.57 Å². The quantitative estimate of drug-likeness (QED) is 0.372. The minimum atomic E-state index is -0.424. The van der Waals surface area contributed by atoms with Crippen LogP contribution in [0.1, 0.15) is 12.5 Å². The number of nitro groups is 1.